The average Bonchev–Trinajstić information content (AvgIpc) is 3.33. The lowest BCUT2D eigenvalue weighted by Gasteiger charge is -2.13. The molecular weight excluding hydrogens is 450 g/mol. The number of nitrogens with one attached hydrogen (secondary N) is 1. The normalized spacial score (nSPS) is 10.8. The highest BCUT2D eigenvalue weighted by molar-refractivity contribution is 7.99. The van der Waals surface area contributed by atoms with Crippen LogP contribution in [0.1, 0.15) is 40.2 Å². The van der Waals surface area contributed by atoms with Crippen molar-refractivity contribution in [2.45, 2.75) is 18.1 Å². The van der Waals surface area contributed by atoms with Crippen LogP contribution in [0.2, 0.25) is 0 Å². The van der Waals surface area contributed by atoms with Gasteiger partial charge < -0.3 is 14.5 Å². The molecule has 0 radical (unpaired) electrons. The number of ether oxygens (including phenoxy) is 1. The van der Waals surface area contributed by atoms with E-state index in [1.807, 2.05) is 60.7 Å². The molecule has 0 saturated heterocycles. The molecule has 8 heteroatoms. The number of anilines is 1. The van der Waals surface area contributed by atoms with Crippen LogP contribution < -0.4 is 5.32 Å². The molecule has 0 spiro atoms. The van der Waals surface area contributed by atoms with Crippen molar-refractivity contribution in [3.63, 3.8) is 0 Å². The number of thioether (sulfide) groups is 1. The van der Waals surface area contributed by atoms with Crippen molar-refractivity contribution in [2.75, 3.05) is 17.7 Å². The summed E-state index contributed by atoms with van der Waals surface area (Å²) in [7, 11) is 0. The van der Waals surface area contributed by atoms with Gasteiger partial charge in [-0.2, -0.15) is 0 Å². The molecule has 0 aliphatic heterocycles. The topological polar surface area (TPSA) is 94.3 Å². The van der Waals surface area contributed by atoms with Crippen molar-refractivity contribution >= 4 is 29.3 Å². The summed E-state index contributed by atoms with van der Waals surface area (Å²) in [6.45, 7) is 2.03. The van der Waals surface area contributed by atoms with E-state index in [1.165, 1.54) is 0 Å². The summed E-state index contributed by atoms with van der Waals surface area (Å²) in [5, 5.41) is 11.5. The van der Waals surface area contributed by atoms with Crippen LogP contribution in [0.4, 0.5) is 5.69 Å². The van der Waals surface area contributed by atoms with Crippen LogP contribution in [0.5, 0.6) is 0 Å². The molecule has 1 heterocycles. The molecule has 0 bridgehead atoms. The van der Waals surface area contributed by atoms with Gasteiger partial charge in [0, 0.05) is 5.69 Å². The number of carbonyl (C=O) groups is 2. The fourth-order valence-electron chi connectivity index (χ4n) is 3.43. The first-order valence-electron chi connectivity index (χ1n) is 10.8. The van der Waals surface area contributed by atoms with E-state index in [9.17, 15) is 9.59 Å². The molecule has 1 aromatic heterocycles. The third-order valence-corrected chi connectivity index (χ3v) is 5.74. The second-order valence-corrected chi connectivity index (χ2v) is 8.23. The Morgan fingerprint density at radius 3 is 2.26 bits per heavy atom. The third-order valence-electron chi connectivity index (χ3n) is 4.92. The lowest BCUT2D eigenvalue weighted by atomic mass is 9.91. The summed E-state index contributed by atoms with van der Waals surface area (Å²) in [5.74, 6) is -0.357. The van der Waals surface area contributed by atoms with Crippen molar-refractivity contribution in [1.29, 1.82) is 0 Å². The number of aromatic nitrogens is 2. The lowest BCUT2D eigenvalue weighted by Crippen LogP contribution is -2.14. The fraction of sp³-hybridized carbons (Fsp3) is 0.154. The summed E-state index contributed by atoms with van der Waals surface area (Å²) < 4.78 is 10.9. The van der Waals surface area contributed by atoms with Crippen LogP contribution in [0.15, 0.2) is 94.6 Å². The average molecular weight is 474 g/mol. The monoisotopic (exact) mass is 473 g/mol. The van der Waals surface area contributed by atoms with Gasteiger partial charge in [-0.15, -0.1) is 10.2 Å². The lowest BCUT2D eigenvalue weighted by molar-refractivity contribution is -0.113. The smallest absolute Gasteiger partial charge is 0.338 e. The Hall–Kier alpha value is -3.91. The van der Waals surface area contributed by atoms with Crippen LogP contribution in [0, 0.1) is 0 Å². The molecule has 0 atom stereocenters. The molecular formula is C26H23N3O4S. The van der Waals surface area contributed by atoms with E-state index in [1.54, 1.807) is 31.2 Å². The van der Waals surface area contributed by atoms with E-state index in [4.69, 9.17) is 9.15 Å². The highest BCUT2D eigenvalue weighted by Crippen LogP contribution is 2.32. The first-order chi connectivity index (χ1) is 16.6. The number of carbonyl (C=O) groups excluding carboxylic acids is 2. The Kier molecular flexibility index (Phi) is 7.72. The van der Waals surface area contributed by atoms with Crippen molar-refractivity contribution in [2.24, 2.45) is 0 Å². The minimum atomic E-state index is -0.433. The summed E-state index contributed by atoms with van der Waals surface area (Å²) in [4.78, 5) is 24.3. The maximum atomic E-state index is 12.4. The summed E-state index contributed by atoms with van der Waals surface area (Å²) in [5.41, 5.74) is 2.96. The number of nitrogens with zero attached hydrogens (tertiary/aromatic N) is 2. The second kappa shape index (κ2) is 11.3. The van der Waals surface area contributed by atoms with Crippen LogP contribution in [-0.2, 0) is 9.53 Å². The molecule has 4 rings (SSSR count). The zero-order chi connectivity index (χ0) is 23.8. The molecule has 34 heavy (non-hydrogen) atoms. The zero-order valence-corrected chi connectivity index (χ0v) is 19.3. The molecule has 0 fully saturated rings. The molecule has 0 saturated carbocycles. The van der Waals surface area contributed by atoms with E-state index in [0.717, 1.165) is 22.9 Å². The van der Waals surface area contributed by atoms with E-state index >= 15 is 0 Å². The molecule has 4 aromatic rings. The molecule has 3 aromatic carbocycles. The maximum absolute atomic E-state index is 12.4. The van der Waals surface area contributed by atoms with Gasteiger partial charge in [-0.05, 0) is 36.2 Å². The maximum Gasteiger partial charge on any atom is 0.338 e. The van der Waals surface area contributed by atoms with Gasteiger partial charge in [0.05, 0.1) is 23.8 Å². The summed E-state index contributed by atoms with van der Waals surface area (Å²) >= 11 is 1.15. The predicted octanol–water partition coefficient (Wildman–Crippen LogP) is 5.16. The van der Waals surface area contributed by atoms with E-state index in [2.05, 4.69) is 15.5 Å². The highest BCUT2D eigenvalue weighted by atomic mass is 32.2. The van der Waals surface area contributed by atoms with Crippen LogP contribution in [-0.4, -0.2) is 34.4 Å². The molecule has 1 N–H and O–H groups in total. The Morgan fingerprint density at radius 1 is 0.941 bits per heavy atom. The molecule has 1 amide bonds. The van der Waals surface area contributed by atoms with Gasteiger partial charge in [-0.25, -0.2) is 4.79 Å². The van der Waals surface area contributed by atoms with Gasteiger partial charge in [-0.1, -0.05) is 78.5 Å². The van der Waals surface area contributed by atoms with Crippen LogP contribution in [0.25, 0.3) is 0 Å². The standard InChI is InChI=1S/C26H23N3O4S/c1-2-32-25(31)20-14-9-15-21(16-20)27-22(30)17-34-26-29-28-24(33-26)23(18-10-5-3-6-11-18)19-12-7-4-8-13-19/h3-16,23H,2,17H2,1H3,(H,27,30). The van der Waals surface area contributed by atoms with Gasteiger partial charge in [0.25, 0.3) is 5.22 Å². The Morgan fingerprint density at radius 2 is 1.62 bits per heavy atom. The van der Waals surface area contributed by atoms with Gasteiger partial charge >= 0.3 is 5.97 Å². The molecule has 0 aliphatic carbocycles. The number of hydrogen-bond donors (Lipinski definition) is 1. The van der Waals surface area contributed by atoms with E-state index < -0.39 is 5.97 Å². The Balaban J connectivity index is 1.42. The molecule has 172 valence electrons. The van der Waals surface area contributed by atoms with Gasteiger partial charge in [-0.3, -0.25) is 4.79 Å². The SMILES string of the molecule is CCOC(=O)c1cccc(NC(=O)CSc2nnc(C(c3ccccc3)c3ccccc3)o2)c1. The van der Waals surface area contributed by atoms with Crippen molar-refractivity contribution < 1.29 is 18.7 Å². The van der Waals surface area contributed by atoms with Crippen LogP contribution >= 0.6 is 11.8 Å². The number of hydrogen-bond acceptors (Lipinski definition) is 7. The van der Waals surface area contributed by atoms with Crippen LogP contribution in [0.3, 0.4) is 0 Å². The van der Waals surface area contributed by atoms with Gasteiger partial charge in [0.15, 0.2) is 0 Å². The van der Waals surface area contributed by atoms with E-state index in [0.29, 0.717) is 22.4 Å². The number of benzene rings is 3. The Bertz CT molecular complexity index is 1210. The minimum absolute atomic E-state index is 0.0760. The number of amides is 1. The Labute approximate surface area is 201 Å². The fourth-order valence-corrected chi connectivity index (χ4v) is 4.00. The van der Waals surface area contributed by atoms with Gasteiger partial charge in [0.2, 0.25) is 11.8 Å². The van der Waals surface area contributed by atoms with Crippen molar-refractivity contribution in [3.05, 3.63) is 108 Å². The summed E-state index contributed by atoms with van der Waals surface area (Å²) in [6, 6.07) is 26.5. The predicted molar refractivity (Wildman–Crippen MR) is 130 cm³/mol. The number of esters is 1. The first kappa shape index (κ1) is 23.3. The quantitative estimate of drug-likeness (QED) is 0.265. The van der Waals surface area contributed by atoms with Crippen molar-refractivity contribution in [3.8, 4) is 0 Å². The van der Waals surface area contributed by atoms with E-state index in [-0.39, 0.29) is 24.2 Å². The first-order valence-corrected chi connectivity index (χ1v) is 11.8. The zero-order valence-electron chi connectivity index (χ0n) is 18.5. The minimum Gasteiger partial charge on any atom is -0.462 e. The molecule has 7 nitrogen and oxygen atoms in total. The van der Waals surface area contributed by atoms with Gasteiger partial charge in [0.1, 0.15) is 0 Å². The second-order valence-electron chi connectivity index (χ2n) is 7.30. The number of rotatable bonds is 9. The summed E-state index contributed by atoms with van der Waals surface area (Å²) in [6.07, 6.45) is 0. The third kappa shape index (κ3) is 5.90. The largest absolute Gasteiger partial charge is 0.462 e. The van der Waals surface area contributed by atoms with Crippen molar-refractivity contribution in [1.82, 2.24) is 10.2 Å². The molecule has 0 aliphatic rings. The highest BCUT2D eigenvalue weighted by Gasteiger charge is 2.23. The molecule has 0 unspecified atom stereocenters.